The molecule has 0 N–H and O–H groups in total. The van der Waals surface area contributed by atoms with Gasteiger partial charge in [-0.15, -0.1) is 0 Å². The summed E-state index contributed by atoms with van der Waals surface area (Å²) in [6, 6.07) is 0.223. The summed E-state index contributed by atoms with van der Waals surface area (Å²) in [6.45, 7) is 1.40. The summed E-state index contributed by atoms with van der Waals surface area (Å²) in [5.41, 5.74) is 0.194. The molecule has 2 aromatic rings. The van der Waals surface area contributed by atoms with Crippen molar-refractivity contribution in [2.45, 2.75) is 36.9 Å². The molecule has 0 radical (unpaired) electrons. The quantitative estimate of drug-likeness (QED) is 0.442. The van der Waals surface area contributed by atoms with Gasteiger partial charge >= 0.3 is 0 Å². The van der Waals surface area contributed by atoms with E-state index in [2.05, 4.69) is 19.9 Å². The number of rotatable bonds is 1. The molecule has 5 nitrogen and oxygen atoms in total. The van der Waals surface area contributed by atoms with Gasteiger partial charge in [-0.2, -0.15) is 4.98 Å². The van der Waals surface area contributed by atoms with E-state index in [-0.39, 0.29) is 16.7 Å². The average Bonchev–Trinajstić information content (AvgIpc) is 2.87. The zero-order valence-electron chi connectivity index (χ0n) is 12.7. The Kier molecular flexibility index (Phi) is 3.93. The SMILES string of the molecule is CSc1nc2c3c(nc(Cl)c(F)c3n1)OCC1CCCCCN21. The molecule has 8 heteroatoms. The molecule has 122 valence electrons. The minimum atomic E-state index is -0.610. The lowest BCUT2D eigenvalue weighted by molar-refractivity contribution is 0.274. The van der Waals surface area contributed by atoms with Crippen LogP contribution in [0.1, 0.15) is 25.7 Å². The molecule has 1 saturated heterocycles. The maximum absolute atomic E-state index is 14.5. The number of nitrogens with zero attached hydrogens (tertiary/aromatic N) is 4. The maximum Gasteiger partial charge on any atom is 0.228 e. The number of thioether (sulfide) groups is 1. The maximum atomic E-state index is 14.5. The highest BCUT2D eigenvalue weighted by Gasteiger charge is 2.32. The van der Waals surface area contributed by atoms with Crippen molar-refractivity contribution in [2.75, 3.05) is 24.3 Å². The molecule has 1 unspecified atom stereocenters. The normalized spacial score (nSPS) is 20.7. The van der Waals surface area contributed by atoms with Gasteiger partial charge in [-0.25, -0.2) is 14.4 Å². The molecule has 4 rings (SSSR count). The zero-order valence-corrected chi connectivity index (χ0v) is 14.3. The third-order valence-electron chi connectivity index (χ3n) is 4.42. The monoisotopic (exact) mass is 354 g/mol. The number of pyridine rings is 1. The highest BCUT2D eigenvalue weighted by molar-refractivity contribution is 7.98. The molecule has 0 aromatic carbocycles. The summed E-state index contributed by atoms with van der Waals surface area (Å²) in [4.78, 5) is 15.3. The van der Waals surface area contributed by atoms with Crippen molar-refractivity contribution in [3.63, 3.8) is 0 Å². The molecule has 2 aromatic heterocycles. The first-order chi connectivity index (χ1) is 11.2. The van der Waals surface area contributed by atoms with Crippen molar-refractivity contribution >= 4 is 40.1 Å². The number of ether oxygens (including phenoxy) is 1. The van der Waals surface area contributed by atoms with Crippen LogP contribution in [-0.2, 0) is 0 Å². The highest BCUT2D eigenvalue weighted by Crippen LogP contribution is 2.40. The van der Waals surface area contributed by atoms with Crippen LogP contribution in [0.4, 0.5) is 10.2 Å². The fourth-order valence-corrected chi connectivity index (χ4v) is 3.81. The van der Waals surface area contributed by atoms with E-state index in [1.807, 2.05) is 6.26 Å². The number of fused-ring (bicyclic) bond motifs is 2. The second-order valence-corrected chi connectivity index (χ2v) is 6.92. The van der Waals surface area contributed by atoms with Gasteiger partial charge in [-0.3, -0.25) is 0 Å². The molecule has 0 spiro atoms. The van der Waals surface area contributed by atoms with Crippen LogP contribution in [0.3, 0.4) is 0 Å². The lowest BCUT2D eigenvalue weighted by Crippen LogP contribution is -2.38. The Morgan fingerprint density at radius 1 is 1.26 bits per heavy atom. The molecule has 1 fully saturated rings. The summed E-state index contributed by atoms with van der Waals surface area (Å²) in [7, 11) is 0. The van der Waals surface area contributed by atoms with Gasteiger partial charge in [0.15, 0.2) is 16.1 Å². The van der Waals surface area contributed by atoms with Crippen LogP contribution in [0.15, 0.2) is 5.16 Å². The number of aromatic nitrogens is 3. The summed E-state index contributed by atoms with van der Waals surface area (Å²) >= 11 is 7.32. The Bertz CT molecular complexity index is 775. The van der Waals surface area contributed by atoms with Crippen LogP contribution in [0.2, 0.25) is 5.15 Å². The van der Waals surface area contributed by atoms with E-state index in [4.69, 9.17) is 16.3 Å². The van der Waals surface area contributed by atoms with Crippen LogP contribution in [0.5, 0.6) is 5.88 Å². The minimum absolute atomic E-state index is 0.194. The van der Waals surface area contributed by atoms with Crippen LogP contribution in [0, 0.1) is 5.82 Å². The predicted octanol–water partition coefficient (Wildman–Crippen LogP) is 3.68. The van der Waals surface area contributed by atoms with Crippen LogP contribution in [0.25, 0.3) is 10.9 Å². The van der Waals surface area contributed by atoms with Crippen LogP contribution in [-0.4, -0.2) is 40.4 Å². The van der Waals surface area contributed by atoms with E-state index in [1.165, 1.54) is 18.2 Å². The molecule has 2 aliphatic rings. The first-order valence-corrected chi connectivity index (χ1v) is 9.29. The Hall–Kier alpha value is -1.34. The topological polar surface area (TPSA) is 51.1 Å². The molecule has 2 aliphatic heterocycles. The third-order valence-corrected chi connectivity index (χ3v) is 5.21. The Morgan fingerprint density at radius 3 is 2.96 bits per heavy atom. The second kappa shape index (κ2) is 5.94. The Balaban J connectivity index is 2.02. The molecular formula is C15H16ClFN4OS. The van der Waals surface area contributed by atoms with Crippen molar-refractivity contribution in [3.8, 4) is 5.88 Å². The van der Waals surface area contributed by atoms with Gasteiger partial charge in [0.1, 0.15) is 23.3 Å². The van der Waals surface area contributed by atoms with E-state index < -0.39 is 5.82 Å². The van der Waals surface area contributed by atoms with Crippen LogP contribution < -0.4 is 9.64 Å². The smallest absolute Gasteiger partial charge is 0.228 e. The van der Waals surface area contributed by atoms with Gasteiger partial charge in [0, 0.05) is 6.54 Å². The molecule has 1 atom stereocenters. The van der Waals surface area contributed by atoms with E-state index in [9.17, 15) is 4.39 Å². The number of hydrogen-bond acceptors (Lipinski definition) is 6. The number of hydrogen-bond donors (Lipinski definition) is 0. The largest absolute Gasteiger partial charge is 0.475 e. The molecule has 0 amide bonds. The third kappa shape index (κ3) is 2.50. The summed E-state index contributed by atoms with van der Waals surface area (Å²) < 4.78 is 20.4. The molecule has 4 heterocycles. The Labute approximate surface area is 142 Å². The molecular weight excluding hydrogens is 339 g/mol. The summed E-state index contributed by atoms with van der Waals surface area (Å²) in [6.07, 6.45) is 6.35. The van der Waals surface area contributed by atoms with Gasteiger partial charge in [-0.05, 0) is 19.1 Å². The number of halogens is 2. The fourth-order valence-electron chi connectivity index (χ4n) is 3.28. The fraction of sp³-hybridized carbons (Fsp3) is 0.533. The Morgan fingerprint density at radius 2 is 2.13 bits per heavy atom. The molecule has 0 saturated carbocycles. The first-order valence-electron chi connectivity index (χ1n) is 7.69. The predicted molar refractivity (Wildman–Crippen MR) is 89.2 cm³/mol. The van der Waals surface area contributed by atoms with Crippen molar-refractivity contribution in [1.29, 1.82) is 0 Å². The lowest BCUT2D eigenvalue weighted by Gasteiger charge is -2.29. The standard InChI is InChI=1S/C15H16ClFN4OS/c1-23-15-18-11-9-13(20-15)21-6-4-2-3-5-8(21)7-22-14(9)19-12(16)10(11)17/h8H,2-7H2,1H3. The van der Waals surface area contributed by atoms with Crippen molar-refractivity contribution in [3.05, 3.63) is 11.0 Å². The van der Waals surface area contributed by atoms with Crippen LogP contribution >= 0.6 is 23.4 Å². The van der Waals surface area contributed by atoms with E-state index in [0.717, 1.165) is 31.6 Å². The lowest BCUT2D eigenvalue weighted by atomic mass is 10.1. The number of anilines is 1. The highest BCUT2D eigenvalue weighted by atomic mass is 35.5. The average molecular weight is 355 g/mol. The van der Waals surface area contributed by atoms with Crippen molar-refractivity contribution in [1.82, 2.24) is 15.0 Å². The van der Waals surface area contributed by atoms with Gasteiger partial charge in [0.2, 0.25) is 5.88 Å². The summed E-state index contributed by atoms with van der Waals surface area (Å²) in [5.74, 6) is 0.449. The van der Waals surface area contributed by atoms with Gasteiger partial charge < -0.3 is 9.64 Å². The molecule has 23 heavy (non-hydrogen) atoms. The zero-order chi connectivity index (χ0) is 16.0. The second-order valence-electron chi connectivity index (χ2n) is 5.79. The molecule has 0 aliphatic carbocycles. The van der Waals surface area contributed by atoms with E-state index >= 15 is 0 Å². The van der Waals surface area contributed by atoms with Crippen molar-refractivity contribution in [2.24, 2.45) is 0 Å². The first kappa shape index (κ1) is 15.2. The van der Waals surface area contributed by atoms with Gasteiger partial charge in [0.25, 0.3) is 0 Å². The van der Waals surface area contributed by atoms with Gasteiger partial charge in [0.05, 0.1) is 6.04 Å². The minimum Gasteiger partial charge on any atom is -0.475 e. The molecule has 0 bridgehead atoms. The summed E-state index contributed by atoms with van der Waals surface area (Å²) in [5, 5.41) is 0.861. The van der Waals surface area contributed by atoms with Gasteiger partial charge in [-0.1, -0.05) is 36.2 Å². The van der Waals surface area contributed by atoms with E-state index in [0.29, 0.717) is 23.0 Å². The van der Waals surface area contributed by atoms with E-state index in [1.54, 1.807) is 0 Å². The van der Waals surface area contributed by atoms with Crippen molar-refractivity contribution < 1.29 is 9.13 Å².